The number of carbonyl (C=O) groups is 1. The van der Waals surface area contributed by atoms with Gasteiger partial charge in [0.15, 0.2) is 0 Å². The van der Waals surface area contributed by atoms with Gasteiger partial charge < -0.3 is 0 Å². The van der Waals surface area contributed by atoms with Gasteiger partial charge >= 0.3 is 0 Å². The zero-order valence-electron chi connectivity index (χ0n) is 18.1. The van der Waals surface area contributed by atoms with E-state index in [1.165, 1.54) is 81.6 Å². The van der Waals surface area contributed by atoms with Crippen molar-refractivity contribution in [1.82, 2.24) is 0 Å². The van der Waals surface area contributed by atoms with E-state index in [1.54, 1.807) is 0 Å². The van der Waals surface area contributed by atoms with E-state index in [9.17, 15) is 4.79 Å². The first kappa shape index (κ1) is 19.5. The Bertz CT molecular complexity index is 641. The van der Waals surface area contributed by atoms with Crippen LogP contribution in [0.1, 0.15) is 91.9 Å². The normalized spacial score (nSPS) is 43.0. The van der Waals surface area contributed by atoms with Gasteiger partial charge in [-0.3, -0.25) is 4.79 Å². The molecule has 2 fully saturated rings. The molecule has 0 N–H and O–H groups in total. The van der Waals surface area contributed by atoms with Crippen LogP contribution in [0, 0.1) is 40.4 Å². The number of hydrogen-bond acceptors (Lipinski definition) is 1. The monoisotopic (exact) mass is 368 g/mol. The van der Waals surface area contributed by atoms with E-state index in [4.69, 9.17) is 0 Å². The van der Waals surface area contributed by atoms with Crippen molar-refractivity contribution in [1.29, 1.82) is 0 Å². The van der Waals surface area contributed by atoms with Crippen LogP contribution in [0.25, 0.3) is 0 Å². The second-order valence-corrected chi connectivity index (χ2v) is 11.1. The van der Waals surface area contributed by atoms with E-state index in [0.29, 0.717) is 11.3 Å². The van der Waals surface area contributed by atoms with Crippen LogP contribution >= 0.6 is 0 Å². The van der Waals surface area contributed by atoms with Crippen LogP contribution in [0.2, 0.25) is 0 Å². The van der Waals surface area contributed by atoms with Crippen LogP contribution in [0.5, 0.6) is 0 Å². The molecule has 4 aliphatic carbocycles. The number of unbranched alkanes of at least 4 members (excludes halogenated alkanes) is 1. The van der Waals surface area contributed by atoms with Gasteiger partial charge in [-0.15, -0.1) is 0 Å². The van der Waals surface area contributed by atoms with Crippen molar-refractivity contribution in [3.05, 3.63) is 23.3 Å². The van der Waals surface area contributed by atoms with Gasteiger partial charge in [-0.2, -0.15) is 0 Å². The van der Waals surface area contributed by atoms with Crippen LogP contribution in [0.4, 0.5) is 0 Å². The molecule has 4 unspecified atom stereocenters. The maximum atomic E-state index is 12.2. The molecule has 0 saturated heterocycles. The molecule has 1 heteroatoms. The zero-order valence-corrected chi connectivity index (χ0v) is 18.1. The highest BCUT2D eigenvalue weighted by Crippen LogP contribution is 2.68. The smallest absolute Gasteiger partial charge is 0.146 e. The summed E-state index contributed by atoms with van der Waals surface area (Å²) in [5, 5.41) is 0. The molecule has 0 aliphatic heterocycles. The molecule has 6 atom stereocenters. The first-order chi connectivity index (χ1) is 12.9. The van der Waals surface area contributed by atoms with Crippen molar-refractivity contribution >= 4 is 6.29 Å². The predicted molar refractivity (Wildman–Crippen MR) is 113 cm³/mol. The number of aldehydes is 1. The average molecular weight is 369 g/mol. The molecule has 0 heterocycles. The van der Waals surface area contributed by atoms with Gasteiger partial charge in [0.25, 0.3) is 0 Å². The van der Waals surface area contributed by atoms with Crippen molar-refractivity contribution in [3.8, 4) is 0 Å². The molecular formula is C26H40O. The first-order valence-corrected chi connectivity index (χ1v) is 11.8. The summed E-state index contributed by atoms with van der Waals surface area (Å²) >= 11 is 0. The molecule has 4 aliphatic rings. The lowest BCUT2D eigenvalue weighted by Gasteiger charge is -2.50. The van der Waals surface area contributed by atoms with E-state index in [1.807, 2.05) is 0 Å². The van der Waals surface area contributed by atoms with Crippen LogP contribution in [0.3, 0.4) is 0 Å². The highest BCUT2D eigenvalue weighted by Gasteiger charge is 2.61. The van der Waals surface area contributed by atoms with Crippen LogP contribution in [-0.4, -0.2) is 6.29 Å². The zero-order chi connectivity index (χ0) is 19.2. The average Bonchev–Trinajstić information content (AvgIpc) is 3.09. The van der Waals surface area contributed by atoms with Crippen LogP contribution in [0.15, 0.2) is 23.3 Å². The SMILES string of the molecule is CC(C)CCCC[C@H]1CCC2C3C(C=O)=C4C=CCCC4(C)C3CC[C@@]21C. The van der Waals surface area contributed by atoms with Crippen LogP contribution < -0.4 is 0 Å². The van der Waals surface area contributed by atoms with Crippen molar-refractivity contribution in [2.24, 2.45) is 40.4 Å². The maximum absolute atomic E-state index is 12.2. The Hall–Kier alpha value is -0.850. The van der Waals surface area contributed by atoms with E-state index in [0.717, 1.165) is 23.7 Å². The third-order valence-electron chi connectivity index (χ3n) is 9.40. The van der Waals surface area contributed by atoms with Gasteiger partial charge in [-0.1, -0.05) is 59.1 Å². The van der Waals surface area contributed by atoms with Gasteiger partial charge in [0.2, 0.25) is 0 Å². The van der Waals surface area contributed by atoms with Gasteiger partial charge in [-0.25, -0.2) is 0 Å². The first-order valence-electron chi connectivity index (χ1n) is 11.8. The van der Waals surface area contributed by atoms with Crippen molar-refractivity contribution in [3.63, 3.8) is 0 Å². The quantitative estimate of drug-likeness (QED) is 0.360. The number of hydrogen-bond donors (Lipinski definition) is 0. The molecule has 0 radical (unpaired) electrons. The second kappa shape index (κ2) is 7.20. The summed E-state index contributed by atoms with van der Waals surface area (Å²) in [4.78, 5) is 12.2. The molecular weight excluding hydrogens is 328 g/mol. The number of rotatable bonds is 6. The third kappa shape index (κ3) is 2.99. The number of allylic oxidation sites excluding steroid dienone is 4. The molecule has 2 saturated carbocycles. The summed E-state index contributed by atoms with van der Waals surface area (Å²) < 4.78 is 0. The summed E-state index contributed by atoms with van der Waals surface area (Å²) in [6, 6.07) is 0. The maximum Gasteiger partial charge on any atom is 0.146 e. The molecule has 1 nitrogen and oxygen atoms in total. The molecule has 0 bridgehead atoms. The second-order valence-electron chi connectivity index (χ2n) is 11.1. The summed E-state index contributed by atoms with van der Waals surface area (Å²) in [5.74, 6) is 3.74. The van der Waals surface area contributed by atoms with E-state index in [2.05, 4.69) is 39.8 Å². The highest BCUT2D eigenvalue weighted by molar-refractivity contribution is 5.79. The fraction of sp³-hybridized carbons (Fsp3) is 0.808. The predicted octanol–water partition coefficient (Wildman–Crippen LogP) is 7.13. The van der Waals surface area contributed by atoms with Gasteiger partial charge in [-0.05, 0) is 96.5 Å². The number of fused-ring (bicyclic) bond motifs is 5. The molecule has 150 valence electrons. The van der Waals surface area contributed by atoms with Gasteiger partial charge in [0.1, 0.15) is 6.29 Å². The Labute approximate surface area is 167 Å². The Morgan fingerprint density at radius 3 is 2.67 bits per heavy atom. The molecule has 0 aromatic heterocycles. The van der Waals surface area contributed by atoms with Crippen molar-refractivity contribution < 1.29 is 4.79 Å². The summed E-state index contributed by atoms with van der Waals surface area (Å²) in [6.07, 6.45) is 19.4. The van der Waals surface area contributed by atoms with E-state index >= 15 is 0 Å². The minimum absolute atomic E-state index is 0.270. The highest BCUT2D eigenvalue weighted by atomic mass is 16.1. The fourth-order valence-corrected chi connectivity index (χ4v) is 7.86. The largest absolute Gasteiger partial charge is 0.298 e. The van der Waals surface area contributed by atoms with Crippen molar-refractivity contribution in [2.45, 2.75) is 91.9 Å². The Morgan fingerprint density at radius 1 is 1.11 bits per heavy atom. The molecule has 0 aromatic rings. The Balaban J connectivity index is 1.55. The van der Waals surface area contributed by atoms with E-state index < -0.39 is 0 Å². The lowest BCUT2D eigenvalue weighted by molar-refractivity contribution is -0.106. The molecule has 4 rings (SSSR count). The van der Waals surface area contributed by atoms with Crippen molar-refractivity contribution in [2.75, 3.05) is 0 Å². The van der Waals surface area contributed by atoms with Crippen LogP contribution in [-0.2, 0) is 4.79 Å². The molecule has 0 spiro atoms. The lowest BCUT2D eigenvalue weighted by atomic mass is 9.53. The standard InChI is InChI=1S/C26H40O/c1-18(2)9-5-6-10-19-12-13-22-24-20(17-27)21-11-7-8-15-26(21,4)23(24)14-16-25(19,22)3/h7,11,17-19,22-24H,5-6,8-10,12-16H2,1-4H3/t19-,22?,23?,24?,25+,26?/m0/s1. The topological polar surface area (TPSA) is 17.1 Å². The molecule has 0 amide bonds. The lowest BCUT2D eigenvalue weighted by Crippen LogP contribution is -2.44. The summed E-state index contributed by atoms with van der Waals surface area (Å²) in [5.41, 5.74) is 3.37. The van der Waals surface area contributed by atoms with Gasteiger partial charge in [0.05, 0.1) is 0 Å². The fourth-order valence-electron chi connectivity index (χ4n) is 7.86. The molecule has 27 heavy (non-hydrogen) atoms. The summed E-state index contributed by atoms with van der Waals surface area (Å²) in [6.45, 7) is 9.76. The summed E-state index contributed by atoms with van der Waals surface area (Å²) in [7, 11) is 0. The molecule has 0 aromatic carbocycles. The van der Waals surface area contributed by atoms with E-state index in [-0.39, 0.29) is 5.41 Å². The Kier molecular flexibility index (Phi) is 5.19. The third-order valence-corrected chi connectivity index (χ3v) is 9.40. The Morgan fingerprint density at radius 2 is 1.93 bits per heavy atom. The minimum atomic E-state index is 0.270. The number of carbonyl (C=O) groups excluding carboxylic acids is 1. The minimum Gasteiger partial charge on any atom is -0.298 e. The van der Waals surface area contributed by atoms with Gasteiger partial charge in [0, 0.05) is 0 Å².